The molecule has 2 rings (SSSR count). The van der Waals surface area contributed by atoms with Crippen LogP contribution >= 0.6 is 0 Å². The van der Waals surface area contributed by atoms with Gasteiger partial charge in [0.1, 0.15) is 5.82 Å². The quantitative estimate of drug-likeness (QED) is 0.861. The summed E-state index contributed by atoms with van der Waals surface area (Å²) in [6.45, 7) is 0. The number of carboxylic acids is 1. The van der Waals surface area contributed by atoms with Crippen molar-refractivity contribution in [1.82, 2.24) is 10.2 Å². The van der Waals surface area contributed by atoms with Crippen molar-refractivity contribution in [2.45, 2.75) is 51.0 Å². The zero-order chi connectivity index (χ0) is 12.8. The summed E-state index contributed by atoms with van der Waals surface area (Å²) in [5.74, 6) is -0.370. The predicted octanol–water partition coefficient (Wildman–Crippen LogP) is 2.70. The van der Waals surface area contributed by atoms with E-state index in [0.29, 0.717) is 11.9 Å². The Kier molecular flexibility index (Phi) is 4.50. The molecule has 0 radical (unpaired) electrons. The number of nitrogens with one attached hydrogen (secondary N) is 1. The maximum Gasteiger partial charge on any atom is 0.356 e. The lowest BCUT2D eigenvalue weighted by molar-refractivity contribution is 0.0689. The van der Waals surface area contributed by atoms with Crippen LogP contribution in [-0.4, -0.2) is 27.3 Å². The summed E-state index contributed by atoms with van der Waals surface area (Å²) in [5, 5.41) is 19.7. The van der Waals surface area contributed by atoms with Crippen molar-refractivity contribution >= 4 is 11.8 Å². The third-order valence-corrected chi connectivity index (χ3v) is 3.34. The summed E-state index contributed by atoms with van der Waals surface area (Å²) in [5.41, 5.74) is -0.0155. The smallest absolute Gasteiger partial charge is 0.356 e. The molecule has 5 heteroatoms. The number of rotatable bonds is 3. The van der Waals surface area contributed by atoms with Gasteiger partial charge in [-0.1, -0.05) is 32.1 Å². The van der Waals surface area contributed by atoms with E-state index in [1.807, 2.05) is 0 Å². The Labute approximate surface area is 107 Å². The number of carboxylic acid groups (broad SMARTS) is 1. The second-order valence-corrected chi connectivity index (χ2v) is 4.80. The molecular weight excluding hydrogens is 230 g/mol. The lowest BCUT2D eigenvalue weighted by Gasteiger charge is -2.21. The second kappa shape index (κ2) is 6.33. The van der Waals surface area contributed by atoms with E-state index in [1.165, 1.54) is 38.2 Å². The molecule has 0 spiro atoms. The van der Waals surface area contributed by atoms with E-state index >= 15 is 0 Å². The van der Waals surface area contributed by atoms with Gasteiger partial charge >= 0.3 is 5.97 Å². The Balaban J connectivity index is 1.92. The third kappa shape index (κ3) is 3.68. The third-order valence-electron chi connectivity index (χ3n) is 3.34. The number of hydrogen-bond donors (Lipinski definition) is 2. The molecule has 1 saturated carbocycles. The predicted molar refractivity (Wildman–Crippen MR) is 68.7 cm³/mol. The maximum absolute atomic E-state index is 10.7. The molecule has 18 heavy (non-hydrogen) atoms. The molecular formula is C13H19N3O2. The van der Waals surface area contributed by atoms with Gasteiger partial charge in [0, 0.05) is 6.04 Å². The molecule has 2 N–H and O–H groups in total. The molecule has 5 nitrogen and oxygen atoms in total. The largest absolute Gasteiger partial charge is 0.476 e. The van der Waals surface area contributed by atoms with E-state index in [-0.39, 0.29) is 5.69 Å². The first-order valence-corrected chi connectivity index (χ1v) is 6.59. The van der Waals surface area contributed by atoms with Crippen LogP contribution in [0.25, 0.3) is 0 Å². The summed E-state index contributed by atoms with van der Waals surface area (Å²) in [6, 6.07) is 3.62. The molecule has 0 amide bonds. The van der Waals surface area contributed by atoms with Crippen molar-refractivity contribution in [3.05, 3.63) is 17.8 Å². The number of carbonyl (C=O) groups is 1. The van der Waals surface area contributed by atoms with Gasteiger partial charge in [0.05, 0.1) is 0 Å². The first-order valence-electron chi connectivity index (χ1n) is 6.59. The fraction of sp³-hybridized carbons (Fsp3) is 0.615. The highest BCUT2D eigenvalue weighted by Gasteiger charge is 2.12. The molecule has 0 aromatic carbocycles. The fourth-order valence-corrected chi connectivity index (χ4v) is 2.33. The molecule has 0 unspecified atom stereocenters. The van der Waals surface area contributed by atoms with Crippen LogP contribution in [0, 0.1) is 0 Å². The number of anilines is 1. The van der Waals surface area contributed by atoms with Gasteiger partial charge in [0.15, 0.2) is 5.69 Å². The van der Waals surface area contributed by atoms with Crippen LogP contribution in [0.3, 0.4) is 0 Å². The van der Waals surface area contributed by atoms with Gasteiger partial charge in [-0.05, 0) is 25.0 Å². The molecule has 0 saturated heterocycles. The second-order valence-electron chi connectivity index (χ2n) is 4.80. The average molecular weight is 249 g/mol. The maximum atomic E-state index is 10.7. The minimum absolute atomic E-state index is 0.0155. The van der Waals surface area contributed by atoms with Gasteiger partial charge in [0.25, 0.3) is 0 Å². The zero-order valence-corrected chi connectivity index (χ0v) is 10.4. The van der Waals surface area contributed by atoms with E-state index < -0.39 is 5.97 Å². The fourth-order valence-electron chi connectivity index (χ4n) is 2.33. The number of aromatic carboxylic acids is 1. The average Bonchev–Trinajstić information content (AvgIpc) is 2.33. The van der Waals surface area contributed by atoms with Crippen LogP contribution in [0.15, 0.2) is 12.1 Å². The van der Waals surface area contributed by atoms with E-state index in [2.05, 4.69) is 15.5 Å². The Morgan fingerprint density at radius 3 is 2.33 bits per heavy atom. The number of aromatic nitrogens is 2. The first-order chi connectivity index (χ1) is 8.75. The highest BCUT2D eigenvalue weighted by atomic mass is 16.4. The molecule has 0 atom stereocenters. The van der Waals surface area contributed by atoms with E-state index in [1.54, 1.807) is 6.07 Å². The van der Waals surface area contributed by atoms with Crippen molar-refractivity contribution in [3.8, 4) is 0 Å². The molecule has 1 fully saturated rings. The highest BCUT2D eigenvalue weighted by Crippen LogP contribution is 2.19. The van der Waals surface area contributed by atoms with Gasteiger partial charge in [0.2, 0.25) is 0 Å². The van der Waals surface area contributed by atoms with Crippen LogP contribution in [-0.2, 0) is 0 Å². The van der Waals surface area contributed by atoms with E-state index in [9.17, 15) is 4.79 Å². The monoisotopic (exact) mass is 249 g/mol. The van der Waals surface area contributed by atoms with E-state index in [4.69, 9.17) is 5.11 Å². The summed E-state index contributed by atoms with van der Waals surface area (Å²) >= 11 is 0. The van der Waals surface area contributed by atoms with Gasteiger partial charge in [-0.3, -0.25) is 0 Å². The molecule has 0 bridgehead atoms. The minimum Gasteiger partial charge on any atom is -0.476 e. The minimum atomic E-state index is -1.04. The zero-order valence-electron chi connectivity index (χ0n) is 10.4. The number of hydrogen-bond acceptors (Lipinski definition) is 4. The van der Waals surface area contributed by atoms with Crippen molar-refractivity contribution in [2.24, 2.45) is 0 Å². The van der Waals surface area contributed by atoms with Gasteiger partial charge in [-0.15, -0.1) is 10.2 Å². The molecule has 1 heterocycles. The van der Waals surface area contributed by atoms with Crippen molar-refractivity contribution in [3.63, 3.8) is 0 Å². The Morgan fingerprint density at radius 2 is 1.78 bits per heavy atom. The molecule has 1 aromatic rings. The molecule has 1 aromatic heterocycles. The number of nitrogens with zero attached hydrogens (tertiary/aromatic N) is 2. The summed E-state index contributed by atoms with van der Waals surface area (Å²) in [6.07, 6.45) is 8.77. The normalized spacial score (nSPS) is 17.8. The SMILES string of the molecule is O=C(O)c1ccc(NC2CCCCCCC2)nn1. The Bertz CT molecular complexity index is 384. The van der Waals surface area contributed by atoms with Crippen LogP contribution in [0.4, 0.5) is 5.82 Å². The van der Waals surface area contributed by atoms with Crippen LogP contribution < -0.4 is 5.32 Å². The summed E-state index contributed by atoms with van der Waals surface area (Å²) < 4.78 is 0. The molecule has 98 valence electrons. The summed E-state index contributed by atoms with van der Waals surface area (Å²) in [4.78, 5) is 10.7. The van der Waals surface area contributed by atoms with Crippen LogP contribution in [0.1, 0.15) is 55.4 Å². The van der Waals surface area contributed by atoms with E-state index in [0.717, 1.165) is 12.8 Å². The summed E-state index contributed by atoms with van der Waals surface area (Å²) in [7, 11) is 0. The first kappa shape index (κ1) is 12.8. The van der Waals surface area contributed by atoms with Gasteiger partial charge < -0.3 is 10.4 Å². The topological polar surface area (TPSA) is 75.1 Å². The van der Waals surface area contributed by atoms with Crippen molar-refractivity contribution < 1.29 is 9.90 Å². The molecule has 1 aliphatic carbocycles. The standard InChI is InChI=1S/C13H19N3O2/c17-13(18)11-8-9-12(16-15-11)14-10-6-4-2-1-3-5-7-10/h8-10H,1-7H2,(H,14,16)(H,17,18). The van der Waals surface area contributed by atoms with Crippen molar-refractivity contribution in [1.29, 1.82) is 0 Å². The molecule has 1 aliphatic rings. The van der Waals surface area contributed by atoms with Crippen LogP contribution in [0.5, 0.6) is 0 Å². The Morgan fingerprint density at radius 1 is 1.11 bits per heavy atom. The molecule has 0 aliphatic heterocycles. The lowest BCUT2D eigenvalue weighted by atomic mass is 9.97. The Hall–Kier alpha value is -1.65. The van der Waals surface area contributed by atoms with Gasteiger partial charge in [-0.2, -0.15) is 0 Å². The van der Waals surface area contributed by atoms with Crippen molar-refractivity contribution in [2.75, 3.05) is 5.32 Å². The highest BCUT2D eigenvalue weighted by molar-refractivity contribution is 5.85. The van der Waals surface area contributed by atoms with Crippen LogP contribution in [0.2, 0.25) is 0 Å². The lowest BCUT2D eigenvalue weighted by Crippen LogP contribution is -2.21. The van der Waals surface area contributed by atoms with Gasteiger partial charge in [-0.25, -0.2) is 4.79 Å².